The van der Waals surface area contributed by atoms with Crippen molar-refractivity contribution in [3.05, 3.63) is 89.1 Å². The van der Waals surface area contributed by atoms with E-state index in [0.717, 1.165) is 39.5 Å². The van der Waals surface area contributed by atoms with Crippen LogP contribution in [0.3, 0.4) is 0 Å². The first-order valence-corrected chi connectivity index (χ1v) is 12.5. The number of carbonyl (C=O) groups excluding carboxylic acids is 1. The summed E-state index contributed by atoms with van der Waals surface area (Å²) in [5, 5.41) is 17.4. The second-order valence-electron chi connectivity index (χ2n) is 9.56. The Balaban J connectivity index is 1.53. The number of ether oxygens (including phenoxy) is 2. The van der Waals surface area contributed by atoms with Crippen molar-refractivity contribution in [1.29, 1.82) is 0 Å². The molecular formula is C30H32N2O4. The molecule has 0 spiro atoms. The number of carbonyl (C=O) groups is 1. The topological polar surface area (TPSA) is 79.8 Å². The molecule has 3 aromatic rings. The Bertz CT molecular complexity index is 1300. The zero-order valence-electron chi connectivity index (χ0n) is 20.9. The van der Waals surface area contributed by atoms with Gasteiger partial charge in [-0.2, -0.15) is 0 Å². The molecule has 3 aromatic carbocycles. The molecule has 0 saturated heterocycles. The van der Waals surface area contributed by atoms with Crippen molar-refractivity contribution in [3.63, 3.8) is 0 Å². The Hall–Kier alpha value is -3.93. The Morgan fingerprint density at radius 3 is 2.42 bits per heavy atom. The standard InChI is InChI=1S/C30H32N2O4/c1-4-35-28-17-20(11-14-26(28)33)30-29-25(31-23-7-5-6-8-24(23)32-30)15-21(16-27(29)34)19-9-12-22(13-10-19)36-18(2)3/h5-14,17-18,21,30-33H,4,15-16H2,1-3H3. The van der Waals surface area contributed by atoms with Gasteiger partial charge in [0.2, 0.25) is 0 Å². The molecule has 6 heteroatoms. The lowest BCUT2D eigenvalue weighted by Crippen LogP contribution is -2.26. The molecule has 1 heterocycles. The molecule has 0 bridgehead atoms. The fraction of sp³-hybridized carbons (Fsp3) is 0.300. The highest BCUT2D eigenvalue weighted by Crippen LogP contribution is 2.45. The Morgan fingerprint density at radius 2 is 1.69 bits per heavy atom. The van der Waals surface area contributed by atoms with Gasteiger partial charge in [0.1, 0.15) is 5.75 Å². The van der Waals surface area contributed by atoms with Gasteiger partial charge < -0.3 is 25.2 Å². The van der Waals surface area contributed by atoms with E-state index in [1.165, 1.54) is 0 Å². The van der Waals surface area contributed by atoms with Crippen LogP contribution in [0.2, 0.25) is 0 Å². The summed E-state index contributed by atoms with van der Waals surface area (Å²) < 4.78 is 11.4. The Kier molecular flexibility index (Phi) is 6.59. The zero-order chi connectivity index (χ0) is 25.2. The van der Waals surface area contributed by atoms with E-state index < -0.39 is 0 Å². The number of rotatable bonds is 6. The minimum atomic E-state index is -0.369. The van der Waals surface area contributed by atoms with Crippen LogP contribution in [0.5, 0.6) is 17.2 Å². The van der Waals surface area contributed by atoms with Gasteiger partial charge in [-0.15, -0.1) is 0 Å². The summed E-state index contributed by atoms with van der Waals surface area (Å²) in [5.41, 5.74) is 5.50. The summed E-state index contributed by atoms with van der Waals surface area (Å²) in [6.07, 6.45) is 1.26. The van der Waals surface area contributed by atoms with Crippen LogP contribution in [0.25, 0.3) is 0 Å². The van der Waals surface area contributed by atoms with Crippen LogP contribution in [0, 0.1) is 0 Å². The SMILES string of the molecule is CCOc1cc(C2Nc3ccccc3NC3=C2C(=O)CC(c2ccc(OC(C)C)cc2)C3)ccc1O. The molecule has 0 amide bonds. The molecule has 0 radical (unpaired) electrons. The van der Waals surface area contributed by atoms with Crippen molar-refractivity contribution in [3.8, 4) is 17.2 Å². The van der Waals surface area contributed by atoms with Crippen LogP contribution >= 0.6 is 0 Å². The van der Waals surface area contributed by atoms with Gasteiger partial charge in [0.25, 0.3) is 0 Å². The number of allylic oxidation sites excluding steroid dienone is 1. The number of fused-ring (bicyclic) bond motifs is 1. The largest absolute Gasteiger partial charge is 0.504 e. The first kappa shape index (κ1) is 23.8. The van der Waals surface area contributed by atoms with Gasteiger partial charge >= 0.3 is 0 Å². The van der Waals surface area contributed by atoms with E-state index in [-0.39, 0.29) is 29.6 Å². The second kappa shape index (κ2) is 9.97. The number of Topliss-reactive ketones (excluding diaryl/α,β-unsaturated/α-hetero) is 1. The third kappa shape index (κ3) is 4.76. The number of ketones is 1. The first-order chi connectivity index (χ1) is 17.4. The first-order valence-electron chi connectivity index (χ1n) is 12.5. The van der Waals surface area contributed by atoms with Crippen molar-refractivity contribution >= 4 is 17.2 Å². The highest BCUT2D eigenvalue weighted by Gasteiger charge is 2.36. The van der Waals surface area contributed by atoms with E-state index in [9.17, 15) is 9.90 Å². The molecule has 36 heavy (non-hydrogen) atoms. The summed E-state index contributed by atoms with van der Waals surface area (Å²) in [6, 6.07) is 21.0. The summed E-state index contributed by atoms with van der Waals surface area (Å²) in [4.78, 5) is 13.7. The van der Waals surface area contributed by atoms with Gasteiger partial charge in [-0.05, 0) is 80.6 Å². The molecule has 186 valence electrons. The number of para-hydroxylation sites is 2. The van der Waals surface area contributed by atoms with Crippen LogP contribution < -0.4 is 20.1 Å². The van der Waals surface area contributed by atoms with E-state index in [4.69, 9.17) is 9.47 Å². The van der Waals surface area contributed by atoms with Crippen LogP contribution in [0.1, 0.15) is 56.7 Å². The number of hydrogen-bond acceptors (Lipinski definition) is 6. The van der Waals surface area contributed by atoms with Crippen molar-refractivity contribution in [2.45, 2.75) is 51.7 Å². The van der Waals surface area contributed by atoms with E-state index in [1.807, 2.05) is 69.3 Å². The predicted molar refractivity (Wildman–Crippen MR) is 142 cm³/mol. The molecule has 5 rings (SSSR count). The summed E-state index contributed by atoms with van der Waals surface area (Å²) in [7, 11) is 0. The van der Waals surface area contributed by atoms with E-state index >= 15 is 0 Å². The van der Waals surface area contributed by atoms with Crippen molar-refractivity contribution in [2.75, 3.05) is 17.2 Å². The number of anilines is 2. The van der Waals surface area contributed by atoms with Crippen LogP contribution in [-0.2, 0) is 4.79 Å². The molecule has 3 N–H and O–H groups in total. The zero-order valence-corrected chi connectivity index (χ0v) is 20.9. The summed E-state index contributed by atoms with van der Waals surface area (Å²) >= 11 is 0. The normalized spacial score (nSPS) is 19.1. The summed E-state index contributed by atoms with van der Waals surface area (Å²) in [5.74, 6) is 1.50. The monoisotopic (exact) mass is 484 g/mol. The lowest BCUT2D eigenvalue weighted by Gasteiger charge is -2.30. The molecule has 1 aliphatic carbocycles. The highest BCUT2D eigenvalue weighted by molar-refractivity contribution is 6.01. The molecule has 6 nitrogen and oxygen atoms in total. The Morgan fingerprint density at radius 1 is 0.972 bits per heavy atom. The Labute approximate surface area is 212 Å². The third-order valence-corrected chi connectivity index (χ3v) is 6.65. The molecule has 2 atom stereocenters. The van der Waals surface area contributed by atoms with Crippen LogP contribution in [0.4, 0.5) is 11.4 Å². The van der Waals surface area contributed by atoms with Crippen LogP contribution in [0.15, 0.2) is 78.0 Å². The summed E-state index contributed by atoms with van der Waals surface area (Å²) in [6.45, 7) is 6.33. The predicted octanol–water partition coefficient (Wildman–Crippen LogP) is 6.56. The van der Waals surface area contributed by atoms with Gasteiger partial charge in [0.05, 0.1) is 30.1 Å². The molecule has 0 fully saturated rings. The smallest absolute Gasteiger partial charge is 0.163 e. The lowest BCUT2D eigenvalue weighted by atomic mass is 9.78. The number of aromatic hydroxyl groups is 1. The average Bonchev–Trinajstić information content (AvgIpc) is 3.02. The van der Waals surface area contributed by atoms with Gasteiger partial charge in [0.15, 0.2) is 17.3 Å². The van der Waals surface area contributed by atoms with Gasteiger partial charge in [-0.25, -0.2) is 0 Å². The van der Waals surface area contributed by atoms with Crippen molar-refractivity contribution < 1.29 is 19.4 Å². The van der Waals surface area contributed by atoms with Crippen molar-refractivity contribution in [2.24, 2.45) is 0 Å². The van der Waals surface area contributed by atoms with Gasteiger partial charge in [0, 0.05) is 17.7 Å². The number of phenolic OH excluding ortho intramolecular Hbond substituents is 1. The quantitative estimate of drug-likeness (QED) is 0.368. The number of benzene rings is 3. The van der Waals surface area contributed by atoms with Crippen molar-refractivity contribution in [1.82, 2.24) is 0 Å². The molecule has 0 aromatic heterocycles. The molecule has 0 saturated carbocycles. The maximum absolute atomic E-state index is 13.7. The number of phenols is 1. The molecular weight excluding hydrogens is 452 g/mol. The molecule has 1 aliphatic heterocycles. The minimum Gasteiger partial charge on any atom is -0.504 e. The fourth-order valence-corrected chi connectivity index (χ4v) is 5.05. The average molecular weight is 485 g/mol. The number of nitrogens with one attached hydrogen (secondary N) is 2. The van der Waals surface area contributed by atoms with Gasteiger partial charge in [-0.3, -0.25) is 4.79 Å². The molecule has 2 unspecified atom stereocenters. The van der Waals surface area contributed by atoms with E-state index in [1.54, 1.807) is 6.07 Å². The minimum absolute atomic E-state index is 0.0709. The maximum Gasteiger partial charge on any atom is 0.163 e. The molecule has 2 aliphatic rings. The highest BCUT2D eigenvalue weighted by atomic mass is 16.5. The van der Waals surface area contributed by atoms with E-state index in [0.29, 0.717) is 25.2 Å². The fourth-order valence-electron chi connectivity index (χ4n) is 5.05. The third-order valence-electron chi connectivity index (χ3n) is 6.65. The maximum atomic E-state index is 13.7. The lowest BCUT2D eigenvalue weighted by molar-refractivity contribution is -0.116. The van der Waals surface area contributed by atoms with Crippen LogP contribution in [-0.4, -0.2) is 23.6 Å². The van der Waals surface area contributed by atoms with E-state index in [2.05, 4.69) is 22.8 Å². The second-order valence-corrected chi connectivity index (χ2v) is 9.56. The van der Waals surface area contributed by atoms with Gasteiger partial charge in [-0.1, -0.05) is 30.3 Å². The number of hydrogen-bond donors (Lipinski definition) is 3.